The summed E-state index contributed by atoms with van der Waals surface area (Å²) in [5.74, 6) is 0.730. The summed E-state index contributed by atoms with van der Waals surface area (Å²) in [5.41, 5.74) is 2.67. The standard InChI is InChI=1S/C20H32N2O/c1-15(17-6-8-18(9-7-17)20(2,3)4)21-19(23)14-16-10-12-22(5)13-11-16/h6-9,15-16H,10-14H2,1-5H3,(H,21,23). The van der Waals surface area contributed by atoms with Crippen LogP contribution in [0.4, 0.5) is 0 Å². The van der Waals surface area contributed by atoms with E-state index in [-0.39, 0.29) is 17.4 Å². The maximum absolute atomic E-state index is 12.3. The van der Waals surface area contributed by atoms with Gasteiger partial charge in [-0.05, 0) is 62.4 Å². The first-order chi connectivity index (χ1) is 10.8. The Morgan fingerprint density at radius 2 is 1.78 bits per heavy atom. The van der Waals surface area contributed by atoms with Crippen LogP contribution in [-0.2, 0) is 10.2 Å². The van der Waals surface area contributed by atoms with Crippen molar-refractivity contribution < 1.29 is 4.79 Å². The molecule has 1 aromatic carbocycles. The van der Waals surface area contributed by atoms with E-state index in [1.807, 2.05) is 0 Å². The van der Waals surface area contributed by atoms with Crippen molar-refractivity contribution in [3.63, 3.8) is 0 Å². The lowest BCUT2D eigenvalue weighted by molar-refractivity contribution is -0.123. The molecule has 3 nitrogen and oxygen atoms in total. The number of amides is 1. The fourth-order valence-electron chi connectivity index (χ4n) is 3.18. The minimum atomic E-state index is 0.0720. The summed E-state index contributed by atoms with van der Waals surface area (Å²) in [6.07, 6.45) is 2.94. The second-order valence-corrected chi connectivity index (χ2v) is 8.11. The number of carbonyl (C=O) groups excluding carboxylic acids is 1. The number of piperidine rings is 1. The average molecular weight is 316 g/mol. The Bertz CT molecular complexity index is 507. The van der Waals surface area contributed by atoms with Gasteiger partial charge in [0, 0.05) is 6.42 Å². The van der Waals surface area contributed by atoms with E-state index in [0.717, 1.165) is 25.9 Å². The van der Waals surface area contributed by atoms with Gasteiger partial charge in [-0.3, -0.25) is 4.79 Å². The van der Waals surface area contributed by atoms with Gasteiger partial charge in [0.05, 0.1) is 6.04 Å². The van der Waals surface area contributed by atoms with Crippen molar-refractivity contribution >= 4 is 5.91 Å². The summed E-state index contributed by atoms with van der Waals surface area (Å²) in [6.45, 7) is 10.9. The van der Waals surface area contributed by atoms with Crippen LogP contribution in [0.5, 0.6) is 0 Å². The second kappa shape index (κ2) is 7.48. The molecule has 1 aromatic rings. The molecule has 0 spiro atoms. The summed E-state index contributed by atoms with van der Waals surface area (Å²) in [7, 11) is 2.15. The molecule has 0 radical (unpaired) electrons. The van der Waals surface area contributed by atoms with Crippen LogP contribution in [-0.4, -0.2) is 30.9 Å². The third-order valence-corrected chi connectivity index (χ3v) is 4.97. The molecule has 3 heteroatoms. The fourth-order valence-corrected chi connectivity index (χ4v) is 3.18. The van der Waals surface area contributed by atoms with Gasteiger partial charge < -0.3 is 10.2 Å². The summed E-state index contributed by atoms with van der Waals surface area (Å²) < 4.78 is 0. The van der Waals surface area contributed by atoms with Gasteiger partial charge in [-0.1, -0.05) is 45.0 Å². The van der Waals surface area contributed by atoms with Gasteiger partial charge in [0.15, 0.2) is 0 Å². The first-order valence-corrected chi connectivity index (χ1v) is 8.84. The topological polar surface area (TPSA) is 32.3 Å². The number of hydrogen-bond donors (Lipinski definition) is 1. The maximum atomic E-state index is 12.3. The van der Waals surface area contributed by atoms with Crippen LogP contribution in [0.1, 0.15) is 64.1 Å². The Kier molecular flexibility index (Phi) is 5.85. The van der Waals surface area contributed by atoms with Crippen LogP contribution < -0.4 is 5.32 Å². The molecular formula is C20H32N2O. The molecule has 1 fully saturated rings. The van der Waals surface area contributed by atoms with Gasteiger partial charge >= 0.3 is 0 Å². The molecule has 128 valence electrons. The molecule has 1 saturated heterocycles. The second-order valence-electron chi connectivity index (χ2n) is 8.11. The van der Waals surface area contributed by atoms with Crippen LogP contribution in [0.15, 0.2) is 24.3 Å². The van der Waals surface area contributed by atoms with Gasteiger partial charge in [-0.25, -0.2) is 0 Å². The monoisotopic (exact) mass is 316 g/mol. The van der Waals surface area contributed by atoms with Gasteiger partial charge in [-0.15, -0.1) is 0 Å². The Morgan fingerprint density at radius 1 is 1.22 bits per heavy atom. The summed E-state index contributed by atoms with van der Waals surface area (Å²) >= 11 is 0. The third kappa shape index (κ3) is 5.35. The summed E-state index contributed by atoms with van der Waals surface area (Å²) in [6, 6.07) is 8.70. The number of nitrogens with zero attached hydrogens (tertiary/aromatic N) is 1. The predicted molar refractivity (Wildman–Crippen MR) is 96.5 cm³/mol. The highest BCUT2D eigenvalue weighted by molar-refractivity contribution is 5.76. The maximum Gasteiger partial charge on any atom is 0.220 e. The van der Waals surface area contributed by atoms with Crippen LogP contribution in [0.3, 0.4) is 0 Å². The molecule has 23 heavy (non-hydrogen) atoms. The van der Waals surface area contributed by atoms with E-state index >= 15 is 0 Å². The zero-order valence-corrected chi connectivity index (χ0v) is 15.4. The smallest absolute Gasteiger partial charge is 0.220 e. The molecule has 0 bridgehead atoms. The van der Waals surface area contributed by atoms with Gasteiger partial charge in [0.2, 0.25) is 5.91 Å². The average Bonchev–Trinajstić information content (AvgIpc) is 2.49. The van der Waals surface area contributed by atoms with Crippen LogP contribution >= 0.6 is 0 Å². The number of hydrogen-bond acceptors (Lipinski definition) is 2. The first kappa shape index (κ1) is 18.0. The normalized spacial score (nSPS) is 18.7. The number of benzene rings is 1. The van der Waals surface area contributed by atoms with Crippen LogP contribution in [0, 0.1) is 5.92 Å². The van der Waals surface area contributed by atoms with Crippen molar-refractivity contribution in [2.24, 2.45) is 5.92 Å². The Labute approximate surface area is 141 Å². The Hall–Kier alpha value is -1.35. The summed E-state index contributed by atoms with van der Waals surface area (Å²) in [4.78, 5) is 14.6. The molecule has 1 atom stereocenters. The van der Waals surface area contributed by atoms with E-state index < -0.39 is 0 Å². The number of rotatable bonds is 4. The highest BCUT2D eigenvalue weighted by atomic mass is 16.1. The van der Waals surface area contributed by atoms with E-state index in [4.69, 9.17) is 0 Å². The van der Waals surface area contributed by atoms with E-state index in [1.165, 1.54) is 11.1 Å². The van der Waals surface area contributed by atoms with E-state index in [9.17, 15) is 4.79 Å². The van der Waals surface area contributed by atoms with Gasteiger partial charge in [0.1, 0.15) is 0 Å². The SMILES string of the molecule is CC(NC(=O)CC1CCN(C)CC1)c1ccc(C(C)(C)C)cc1. The Morgan fingerprint density at radius 3 is 2.30 bits per heavy atom. The first-order valence-electron chi connectivity index (χ1n) is 8.84. The lowest BCUT2D eigenvalue weighted by Gasteiger charge is -2.28. The van der Waals surface area contributed by atoms with Crippen LogP contribution in [0.25, 0.3) is 0 Å². The molecule has 1 unspecified atom stereocenters. The van der Waals surface area contributed by atoms with E-state index in [1.54, 1.807) is 0 Å². The van der Waals surface area contributed by atoms with E-state index in [0.29, 0.717) is 12.3 Å². The molecule has 1 heterocycles. The van der Waals surface area contributed by atoms with Crippen LogP contribution in [0.2, 0.25) is 0 Å². The molecule has 1 aliphatic rings. The summed E-state index contributed by atoms with van der Waals surface area (Å²) in [5, 5.41) is 3.16. The van der Waals surface area contributed by atoms with Crippen molar-refractivity contribution in [3.8, 4) is 0 Å². The van der Waals surface area contributed by atoms with Gasteiger partial charge in [-0.2, -0.15) is 0 Å². The molecule has 2 rings (SSSR count). The molecule has 1 N–H and O–H groups in total. The highest BCUT2D eigenvalue weighted by Crippen LogP contribution is 2.24. The largest absolute Gasteiger partial charge is 0.350 e. The quantitative estimate of drug-likeness (QED) is 0.914. The number of nitrogens with one attached hydrogen (secondary N) is 1. The molecule has 0 aromatic heterocycles. The molecule has 1 aliphatic heterocycles. The van der Waals surface area contributed by atoms with Crippen molar-refractivity contribution in [2.45, 2.75) is 58.4 Å². The van der Waals surface area contributed by atoms with E-state index in [2.05, 4.69) is 69.2 Å². The lowest BCUT2D eigenvalue weighted by Crippen LogP contribution is -2.34. The third-order valence-electron chi connectivity index (χ3n) is 4.97. The molecule has 0 aliphatic carbocycles. The lowest BCUT2D eigenvalue weighted by atomic mass is 9.86. The van der Waals surface area contributed by atoms with Crippen molar-refractivity contribution in [1.29, 1.82) is 0 Å². The van der Waals surface area contributed by atoms with Gasteiger partial charge in [0.25, 0.3) is 0 Å². The zero-order chi connectivity index (χ0) is 17.0. The fraction of sp³-hybridized carbons (Fsp3) is 0.650. The van der Waals surface area contributed by atoms with Crippen molar-refractivity contribution in [3.05, 3.63) is 35.4 Å². The number of likely N-dealkylation sites (tertiary alicyclic amines) is 1. The zero-order valence-electron chi connectivity index (χ0n) is 15.4. The minimum Gasteiger partial charge on any atom is -0.350 e. The number of carbonyl (C=O) groups is 1. The molecular weight excluding hydrogens is 284 g/mol. The molecule has 0 saturated carbocycles. The van der Waals surface area contributed by atoms with Crippen molar-refractivity contribution in [1.82, 2.24) is 10.2 Å². The minimum absolute atomic E-state index is 0.0720. The predicted octanol–water partition coefficient (Wildman–Crippen LogP) is 3.89. The Balaban J connectivity index is 1.86. The molecule has 1 amide bonds. The highest BCUT2D eigenvalue weighted by Gasteiger charge is 2.20. The van der Waals surface area contributed by atoms with Crippen molar-refractivity contribution in [2.75, 3.05) is 20.1 Å².